The van der Waals surface area contributed by atoms with Crippen LogP contribution in [0.3, 0.4) is 0 Å². The van der Waals surface area contributed by atoms with Crippen molar-refractivity contribution < 1.29 is 19.4 Å². The van der Waals surface area contributed by atoms with E-state index in [1.54, 1.807) is 13.8 Å². The van der Waals surface area contributed by atoms with Gasteiger partial charge < -0.3 is 14.6 Å². The Hall–Kier alpha value is -0.610. The molecule has 17 heavy (non-hydrogen) atoms. The summed E-state index contributed by atoms with van der Waals surface area (Å²) in [6.45, 7) is 8.23. The van der Waals surface area contributed by atoms with Crippen molar-refractivity contribution in [3.05, 3.63) is 0 Å². The molecule has 0 saturated heterocycles. The molecule has 0 atom stereocenters. The molecule has 0 fully saturated rings. The second-order valence-electron chi connectivity index (χ2n) is 4.87. The Bertz CT molecular complexity index is 202. The van der Waals surface area contributed by atoms with Gasteiger partial charge in [-0.15, -0.1) is 0 Å². The minimum atomic E-state index is -0.750. The lowest BCUT2D eigenvalue weighted by Crippen LogP contribution is -2.24. The first-order valence-corrected chi connectivity index (χ1v) is 6.39. The number of carbonyl (C=O) groups is 1. The van der Waals surface area contributed by atoms with Gasteiger partial charge in [0.05, 0.1) is 18.6 Å². The number of carboxylic acid groups (broad SMARTS) is 1. The van der Waals surface area contributed by atoms with Gasteiger partial charge in [0.25, 0.3) is 0 Å². The fraction of sp³-hybridized carbons (Fsp3) is 0.923. The first-order valence-electron chi connectivity index (χ1n) is 6.39. The molecular weight excluding hydrogens is 220 g/mol. The van der Waals surface area contributed by atoms with E-state index in [2.05, 4.69) is 6.92 Å². The van der Waals surface area contributed by atoms with E-state index in [0.717, 1.165) is 25.9 Å². The third-order valence-electron chi connectivity index (χ3n) is 2.68. The summed E-state index contributed by atoms with van der Waals surface area (Å²) in [5.74, 6) is -0.750. The van der Waals surface area contributed by atoms with Gasteiger partial charge in [0.1, 0.15) is 0 Å². The van der Waals surface area contributed by atoms with Crippen molar-refractivity contribution >= 4 is 5.97 Å². The number of aliphatic carboxylic acids is 1. The Balaban J connectivity index is 3.27. The van der Waals surface area contributed by atoms with Crippen molar-refractivity contribution in [2.24, 2.45) is 5.41 Å². The van der Waals surface area contributed by atoms with E-state index in [1.807, 2.05) is 0 Å². The van der Waals surface area contributed by atoms with E-state index >= 15 is 0 Å². The van der Waals surface area contributed by atoms with E-state index in [9.17, 15) is 4.79 Å². The number of ether oxygens (including phenoxy) is 2. The van der Waals surface area contributed by atoms with Crippen LogP contribution in [0.4, 0.5) is 0 Å². The molecule has 1 N–H and O–H groups in total. The summed E-state index contributed by atoms with van der Waals surface area (Å²) in [5, 5.41) is 8.90. The van der Waals surface area contributed by atoms with Crippen molar-refractivity contribution in [1.29, 1.82) is 0 Å². The molecule has 0 spiro atoms. The Morgan fingerprint density at radius 1 is 1.06 bits per heavy atom. The Kier molecular flexibility index (Phi) is 9.09. The van der Waals surface area contributed by atoms with Crippen LogP contribution in [0.15, 0.2) is 0 Å². The molecule has 0 radical (unpaired) electrons. The number of hydrogen-bond donors (Lipinski definition) is 1. The maximum Gasteiger partial charge on any atom is 0.309 e. The summed E-state index contributed by atoms with van der Waals surface area (Å²) >= 11 is 0. The number of unbranched alkanes of at least 4 members (excludes halogenated alkanes) is 1. The zero-order valence-corrected chi connectivity index (χ0v) is 11.3. The van der Waals surface area contributed by atoms with Crippen LogP contribution in [0.2, 0.25) is 0 Å². The summed E-state index contributed by atoms with van der Waals surface area (Å²) in [7, 11) is 0. The van der Waals surface area contributed by atoms with Gasteiger partial charge in [-0.2, -0.15) is 0 Å². The Morgan fingerprint density at radius 2 is 1.59 bits per heavy atom. The Labute approximate surface area is 104 Å². The zero-order chi connectivity index (χ0) is 13.1. The molecule has 0 unspecified atom stereocenters. The Morgan fingerprint density at radius 3 is 2.06 bits per heavy atom. The second-order valence-corrected chi connectivity index (χ2v) is 4.87. The summed E-state index contributed by atoms with van der Waals surface area (Å²) in [6.07, 6.45) is 3.64. The minimum Gasteiger partial charge on any atom is -0.481 e. The standard InChI is InChI=1S/C13H26O4/c1-4-5-8-16-10-11-17-9-6-7-13(2,3)12(14)15/h4-11H2,1-3H3,(H,14,15). The predicted octanol–water partition coefficient (Wildman–Crippen LogP) is 2.71. The van der Waals surface area contributed by atoms with Gasteiger partial charge in [-0.1, -0.05) is 13.3 Å². The van der Waals surface area contributed by atoms with Crippen molar-refractivity contribution in [2.45, 2.75) is 46.5 Å². The topological polar surface area (TPSA) is 55.8 Å². The van der Waals surface area contributed by atoms with Crippen LogP contribution in [-0.2, 0) is 14.3 Å². The van der Waals surface area contributed by atoms with Gasteiger partial charge in [-0.05, 0) is 33.1 Å². The highest BCUT2D eigenvalue weighted by Crippen LogP contribution is 2.22. The quantitative estimate of drug-likeness (QED) is 0.569. The van der Waals surface area contributed by atoms with Crippen LogP contribution in [0.25, 0.3) is 0 Å². The summed E-state index contributed by atoms with van der Waals surface area (Å²) in [6, 6.07) is 0. The van der Waals surface area contributed by atoms with Crippen molar-refractivity contribution in [1.82, 2.24) is 0 Å². The van der Waals surface area contributed by atoms with Gasteiger partial charge in [0, 0.05) is 13.2 Å². The average molecular weight is 246 g/mol. The molecule has 0 amide bonds. The second kappa shape index (κ2) is 9.42. The summed E-state index contributed by atoms with van der Waals surface area (Å²) < 4.78 is 10.7. The first-order chi connectivity index (χ1) is 8.00. The van der Waals surface area contributed by atoms with E-state index < -0.39 is 11.4 Å². The van der Waals surface area contributed by atoms with E-state index in [-0.39, 0.29) is 0 Å². The SMILES string of the molecule is CCCCOCCOCCCC(C)(C)C(=O)O. The fourth-order valence-corrected chi connectivity index (χ4v) is 1.29. The summed E-state index contributed by atoms with van der Waals surface area (Å²) in [5.41, 5.74) is -0.652. The average Bonchev–Trinajstić information content (AvgIpc) is 2.26. The molecule has 0 saturated carbocycles. The van der Waals surface area contributed by atoms with Crippen LogP contribution < -0.4 is 0 Å². The van der Waals surface area contributed by atoms with E-state index in [0.29, 0.717) is 26.2 Å². The molecule has 0 aromatic carbocycles. The molecule has 0 bridgehead atoms. The minimum absolute atomic E-state index is 0.594. The predicted molar refractivity (Wildman–Crippen MR) is 67.2 cm³/mol. The van der Waals surface area contributed by atoms with Crippen LogP contribution in [0.1, 0.15) is 46.5 Å². The van der Waals surface area contributed by atoms with Gasteiger partial charge in [-0.3, -0.25) is 4.79 Å². The number of rotatable bonds is 11. The van der Waals surface area contributed by atoms with Gasteiger partial charge >= 0.3 is 5.97 Å². The molecule has 0 rings (SSSR count). The van der Waals surface area contributed by atoms with Crippen LogP contribution in [0.5, 0.6) is 0 Å². The van der Waals surface area contributed by atoms with Gasteiger partial charge in [0.15, 0.2) is 0 Å². The number of hydrogen-bond acceptors (Lipinski definition) is 3. The lowest BCUT2D eigenvalue weighted by Gasteiger charge is -2.18. The van der Waals surface area contributed by atoms with E-state index in [1.165, 1.54) is 0 Å². The lowest BCUT2D eigenvalue weighted by atomic mass is 9.88. The normalized spacial score (nSPS) is 11.7. The molecule has 0 heterocycles. The maximum atomic E-state index is 10.8. The van der Waals surface area contributed by atoms with Gasteiger partial charge in [0.2, 0.25) is 0 Å². The molecule has 0 aliphatic rings. The van der Waals surface area contributed by atoms with Crippen molar-refractivity contribution in [3.63, 3.8) is 0 Å². The molecular formula is C13H26O4. The highest BCUT2D eigenvalue weighted by atomic mass is 16.5. The highest BCUT2D eigenvalue weighted by Gasteiger charge is 2.25. The molecule has 0 aromatic rings. The van der Waals surface area contributed by atoms with Crippen LogP contribution in [0, 0.1) is 5.41 Å². The maximum absolute atomic E-state index is 10.8. The first kappa shape index (κ1) is 16.4. The molecule has 4 heteroatoms. The van der Waals surface area contributed by atoms with E-state index in [4.69, 9.17) is 14.6 Å². The molecule has 0 aliphatic heterocycles. The fourth-order valence-electron chi connectivity index (χ4n) is 1.29. The van der Waals surface area contributed by atoms with Crippen LogP contribution in [-0.4, -0.2) is 37.5 Å². The smallest absolute Gasteiger partial charge is 0.309 e. The molecule has 102 valence electrons. The third-order valence-corrected chi connectivity index (χ3v) is 2.68. The monoisotopic (exact) mass is 246 g/mol. The van der Waals surface area contributed by atoms with Gasteiger partial charge in [-0.25, -0.2) is 0 Å². The third kappa shape index (κ3) is 9.12. The lowest BCUT2D eigenvalue weighted by molar-refractivity contribution is -0.147. The molecule has 0 aliphatic carbocycles. The number of carboxylic acids is 1. The molecule has 0 aromatic heterocycles. The highest BCUT2D eigenvalue weighted by molar-refractivity contribution is 5.73. The van der Waals surface area contributed by atoms with Crippen molar-refractivity contribution in [2.75, 3.05) is 26.4 Å². The zero-order valence-electron chi connectivity index (χ0n) is 11.3. The molecule has 4 nitrogen and oxygen atoms in total. The van der Waals surface area contributed by atoms with Crippen LogP contribution >= 0.6 is 0 Å². The summed E-state index contributed by atoms with van der Waals surface area (Å²) in [4.78, 5) is 10.8. The largest absolute Gasteiger partial charge is 0.481 e. The van der Waals surface area contributed by atoms with Crippen molar-refractivity contribution in [3.8, 4) is 0 Å².